The summed E-state index contributed by atoms with van der Waals surface area (Å²) in [6.07, 6.45) is 3.56. The van der Waals surface area contributed by atoms with E-state index in [1.807, 2.05) is 36.5 Å². The first-order valence-corrected chi connectivity index (χ1v) is 7.99. The van der Waals surface area contributed by atoms with Gasteiger partial charge in [0.2, 0.25) is 0 Å². The molecule has 2 aromatic heterocycles. The molecule has 3 heterocycles. The average molecular weight is 333 g/mol. The molecule has 0 spiro atoms. The van der Waals surface area contributed by atoms with Gasteiger partial charge in [-0.15, -0.1) is 0 Å². The van der Waals surface area contributed by atoms with Crippen LogP contribution in [0.3, 0.4) is 0 Å². The highest BCUT2D eigenvalue weighted by atomic mass is 19.1. The van der Waals surface area contributed by atoms with E-state index in [4.69, 9.17) is 0 Å². The molecule has 0 fully saturated rings. The molecule has 2 aromatic carbocycles. The zero-order valence-corrected chi connectivity index (χ0v) is 13.1. The van der Waals surface area contributed by atoms with E-state index in [2.05, 4.69) is 15.3 Å². The first-order valence-electron chi connectivity index (χ1n) is 7.99. The van der Waals surface area contributed by atoms with Crippen molar-refractivity contribution < 1.29 is 8.78 Å². The Labute approximate surface area is 142 Å². The minimum absolute atomic E-state index is 0.271. The molecule has 5 heteroatoms. The van der Waals surface area contributed by atoms with Gasteiger partial charge in [0.15, 0.2) is 0 Å². The monoisotopic (exact) mass is 333 g/mol. The maximum Gasteiger partial charge on any atom is 0.138 e. The van der Waals surface area contributed by atoms with E-state index in [0.717, 1.165) is 45.5 Å². The quantitative estimate of drug-likeness (QED) is 0.513. The van der Waals surface area contributed by atoms with Crippen molar-refractivity contribution in [2.45, 2.75) is 6.04 Å². The van der Waals surface area contributed by atoms with Gasteiger partial charge < -0.3 is 10.3 Å². The van der Waals surface area contributed by atoms with E-state index >= 15 is 0 Å². The Morgan fingerprint density at radius 2 is 1.80 bits per heavy atom. The number of H-pyrrole nitrogens is 1. The number of pyridine rings is 1. The molecule has 1 atom stereocenters. The fourth-order valence-electron chi connectivity index (χ4n) is 3.59. The standard InChI is InChI=1S/C20H13F2N3/c21-11-5-6-16(22)14(9-11)19-15-10-24-20-18(15)13(7-8-23-20)12-3-1-2-4-17(12)25-19/h1-10,19,25H,(H,23,24). The number of rotatable bonds is 1. The second-order valence-electron chi connectivity index (χ2n) is 6.11. The third kappa shape index (κ3) is 2.05. The van der Waals surface area contributed by atoms with E-state index in [1.54, 1.807) is 6.20 Å². The maximum atomic E-state index is 14.5. The Morgan fingerprint density at radius 1 is 0.920 bits per heavy atom. The number of halogens is 2. The van der Waals surface area contributed by atoms with Crippen LogP contribution in [0.4, 0.5) is 14.5 Å². The van der Waals surface area contributed by atoms with Crippen molar-refractivity contribution in [3.63, 3.8) is 0 Å². The summed E-state index contributed by atoms with van der Waals surface area (Å²) in [6.45, 7) is 0. The topological polar surface area (TPSA) is 40.7 Å². The third-order valence-electron chi connectivity index (χ3n) is 4.70. The molecular formula is C20H13F2N3. The lowest BCUT2D eigenvalue weighted by atomic mass is 9.96. The van der Waals surface area contributed by atoms with Crippen LogP contribution < -0.4 is 5.32 Å². The van der Waals surface area contributed by atoms with E-state index in [0.29, 0.717) is 0 Å². The van der Waals surface area contributed by atoms with Crippen molar-refractivity contribution in [2.24, 2.45) is 0 Å². The molecule has 25 heavy (non-hydrogen) atoms. The summed E-state index contributed by atoms with van der Waals surface area (Å²) >= 11 is 0. The van der Waals surface area contributed by atoms with Crippen molar-refractivity contribution >= 4 is 16.7 Å². The highest BCUT2D eigenvalue weighted by molar-refractivity contribution is 6.01. The number of nitrogens with one attached hydrogen (secondary N) is 2. The highest BCUT2D eigenvalue weighted by Gasteiger charge is 2.27. The third-order valence-corrected chi connectivity index (χ3v) is 4.70. The van der Waals surface area contributed by atoms with Gasteiger partial charge in [0.1, 0.15) is 17.3 Å². The lowest BCUT2D eigenvalue weighted by Crippen LogP contribution is -2.13. The van der Waals surface area contributed by atoms with Crippen LogP contribution in [0.5, 0.6) is 0 Å². The molecule has 1 aliphatic heterocycles. The minimum Gasteiger partial charge on any atom is -0.373 e. The van der Waals surface area contributed by atoms with Gasteiger partial charge >= 0.3 is 0 Å². The smallest absolute Gasteiger partial charge is 0.138 e. The van der Waals surface area contributed by atoms with Crippen LogP contribution in [-0.4, -0.2) is 9.97 Å². The second kappa shape index (κ2) is 5.14. The van der Waals surface area contributed by atoms with Gasteiger partial charge in [-0.1, -0.05) is 18.2 Å². The molecule has 2 N–H and O–H groups in total. The summed E-state index contributed by atoms with van der Waals surface area (Å²) in [5, 5.41) is 4.31. The van der Waals surface area contributed by atoms with Gasteiger partial charge in [-0.05, 0) is 35.9 Å². The van der Waals surface area contributed by atoms with Gasteiger partial charge in [0, 0.05) is 40.2 Å². The molecule has 5 rings (SSSR count). The van der Waals surface area contributed by atoms with Crippen molar-refractivity contribution in [3.05, 3.63) is 83.7 Å². The van der Waals surface area contributed by atoms with Gasteiger partial charge in [-0.2, -0.15) is 0 Å². The summed E-state index contributed by atoms with van der Waals surface area (Å²) in [7, 11) is 0. The van der Waals surface area contributed by atoms with Crippen LogP contribution in [0.1, 0.15) is 17.2 Å². The molecule has 1 unspecified atom stereocenters. The van der Waals surface area contributed by atoms with E-state index < -0.39 is 17.7 Å². The maximum absolute atomic E-state index is 14.5. The summed E-state index contributed by atoms with van der Waals surface area (Å²) in [6, 6.07) is 12.8. The first-order chi connectivity index (χ1) is 12.2. The van der Waals surface area contributed by atoms with Crippen molar-refractivity contribution in [2.75, 3.05) is 5.32 Å². The van der Waals surface area contributed by atoms with Crippen LogP contribution in [0.2, 0.25) is 0 Å². The first kappa shape index (κ1) is 14.2. The van der Waals surface area contributed by atoms with E-state index in [-0.39, 0.29) is 5.56 Å². The summed E-state index contributed by atoms with van der Waals surface area (Å²) in [5.74, 6) is -0.910. The summed E-state index contributed by atoms with van der Waals surface area (Å²) < 4.78 is 28.3. The van der Waals surface area contributed by atoms with Crippen LogP contribution in [0.15, 0.2) is 60.9 Å². The molecule has 1 aliphatic rings. The second-order valence-corrected chi connectivity index (χ2v) is 6.11. The molecule has 0 aliphatic carbocycles. The minimum atomic E-state index is -0.518. The summed E-state index contributed by atoms with van der Waals surface area (Å²) in [5.41, 5.74) is 4.75. The normalized spacial score (nSPS) is 15.5. The number of benzene rings is 2. The SMILES string of the molecule is Fc1ccc(F)c(C2Nc3ccccc3-c3ccnc4[nH]cc2c34)c1. The fourth-order valence-corrected chi connectivity index (χ4v) is 3.59. The number of aromatic nitrogens is 2. The molecule has 0 bridgehead atoms. The zero-order valence-electron chi connectivity index (χ0n) is 13.1. The van der Waals surface area contributed by atoms with Gasteiger partial charge in [-0.25, -0.2) is 13.8 Å². The zero-order chi connectivity index (χ0) is 17.0. The van der Waals surface area contributed by atoms with E-state index in [9.17, 15) is 8.78 Å². The number of fused-ring (bicyclic) bond motifs is 2. The Bertz CT molecular complexity index is 1120. The average Bonchev–Trinajstić information content (AvgIpc) is 3.00. The Hall–Kier alpha value is -3.21. The van der Waals surface area contributed by atoms with Crippen LogP contribution >= 0.6 is 0 Å². The Balaban J connectivity index is 1.86. The number of nitrogens with zero attached hydrogens (tertiary/aromatic N) is 1. The molecule has 0 saturated carbocycles. The summed E-state index contributed by atoms with van der Waals surface area (Å²) in [4.78, 5) is 7.52. The predicted molar refractivity (Wildman–Crippen MR) is 93.4 cm³/mol. The largest absolute Gasteiger partial charge is 0.373 e. The van der Waals surface area contributed by atoms with Crippen molar-refractivity contribution in [1.29, 1.82) is 0 Å². The molecule has 4 aromatic rings. The van der Waals surface area contributed by atoms with Crippen molar-refractivity contribution in [1.82, 2.24) is 9.97 Å². The van der Waals surface area contributed by atoms with Crippen molar-refractivity contribution in [3.8, 4) is 11.1 Å². The van der Waals surface area contributed by atoms with E-state index in [1.165, 1.54) is 6.07 Å². The Kier molecular flexibility index (Phi) is 2.91. The number of para-hydroxylation sites is 1. The predicted octanol–water partition coefficient (Wildman–Crippen LogP) is 5.02. The molecular weight excluding hydrogens is 320 g/mol. The lowest BCUT2D eigenvalue weighted by molar-refractivity contribution is 0.581. The number of anilines is 1. The lowest BCUT2D eigenvalue weighted by Gasteiger charge is -2.20. The Morgan fingerprint density at radius 3 is 2.72 bits per heavy atom. The molecule has 0 saturated heterocycles. The number of hydrogen-bond donors (Lipinski definition) is 2. The van der Waals surface area contributed by atoms with Crippen LogP contribution in [-0.2, 0) is 0 Å². The van der Waals surface area contributed by atoms with Crippen LogP contribution in [0, 0.1) is 11.6 Å². The number of aromatic amines is 1. The van der Waals surface area contributed by atoms with Gasteiger partial charge in [0.05, 0.1) is 6.04 Å². The molecule has 122 valence electrons. The highest BCUT2D eigenvalue weighted by Crippen LogP contribution is 2.43. The van der Waals surface area contributed by atoms with Gasteiger partial charge in [-0.3, -0.25) is 0 Å². The molecule has 3 nitrogen and oxygen atoms in total. The molecule has 0 amide bonds. The number of hydrogen-bond acceptors (Lipinski definition) is 2. The fraction of sp³-hybridized carbons (Fsp3) is 0.0500. The van der Waals surface area contributed by atoms with Crippen LogP contribution in [0.25, 0.3) is 22.2 Å². The molecule has 0 radical (unpaired) electrons. The van der Waals surface area contributed by atoms with Gasteiger partial charge in [0.25, 0.3) is 0 Å².